The molecule has 0 nitrogen and oxygen atoms in total. The van der Waals surface area contributed by atoms with Gasteiger partial charge in [0.15, 0.2) is 0 Å². The summed E-state index contributed by atoms with van der Waals surface area (Å²) in [5.74, 6) is 0. The number of rotatable bonds is 6. The minimum absolute atomic E-state index is 0. The summed E-state index contributed by atoms with van der Waals surface area (Å²) in [5, 5.41) is 8.39. The summed E-state index contributed by atoms with van der Waals surface area (Å²) in [6.45, 7) is 0. The Morgan fingerprint density at radius 2 is 0.341 bits per heavy atom. The van der Waals surface area contributed by atoms with Gasteiger partial charge in [-0.15, -0.1) is 0 Å². The van der Waals surface area contributed by atoms with Crippen LogP contribution in [0.1, 0.15) is 0 Å². The van der Waals surface area contributed by atoms with E-state index < -0.39 is 15.8 Å². The monoisotopic (exact) mass is 610 g/mol. The molecule has 6 rings (SSSR count). The molecule has 0 atom stereocenters. The first-order valence-electron chi connectivity index (χ1n) is 12.8. The van der Waals surface area contributed by atoms with Gasteiger partial charge in [0.05, 0.1) is 0 Å². The van der Waals surface area contributed by atoms with Crippen LogP contribution in [0, 0.1) is 0 Å². The molecule has 5 heteroatoms. The Hall–Kier alpha value is -3.07. The Kier molecular flexibility index (Phi) is 15.3. The molecule has 0 amide bonds. The van der Waals surface area contributed by atoms with Crippen LogP contribution in [0.3, 0.4) is 0 Å². The van der Waals surface area contributed by atoms with Gasteiger partial charge < -0.3 is 16.8 Å². The fourth-order valence-electron chi connectivity index (χ4n) is 4.36. The van der Waals surface area contributed by atoms with Gasteiger partial charge in [0, 0.05) is 0 Å². The Morgan fingerprint density at radius 1 is 0.220 bits per heavy atom. The zero-order valence-corrected chi connectivity index (χ0v) is 27.8. The molecule has 0 heterocycles. The molecule has 0 saturated carbocycles. The summed E-state index contributed by atoms with van der Waals surface area (Å²) in [5.41, 5.74) is 0. The molecule has 0 bridgehead atoms. The molecular formula is C36H30B2P2Zn. The molecular weight excluding hydrogens is 581 g/mol. The largest absolute Gasteiger partial charge is 2.00 e. The van der Waals surface area contributed by atoms with E-state index in [4.69, 9.17) is 0 Å². The Morgan fingerprint density at radius 3 is 0.463 bits per heavy atom. The van der Waals surface area contributed by atoms with Crippen LogP contribution in [0.15, 0.2) is 182 Å². The third-order valence-electron chi connectivity index (χ3n) is 6.09. The molecule has 0 aliphatic heterocycles. The molecule has 0 unspecified atom stereocenters. The average Bonchev–Trinajstić information content (AvgIpc) is 3.01. The maximum absolute atomic E-state index is 2.23. The Bertz CT molecular complexity index is 1180. The summed E-state index contributed by atoms with van der Waals surface area (Å²) in [6, 6.07) is 64.7. The smallest absolute Gasteiger partial charge is 1.00 e. The van der Waals surface area contributed by atoms with Crippen LogP contribution in [0.2, 0.25) is 0 Å². The Labute approximate surface area is 264 Å². The van der Waals surface area contributed by atoms with Crippen molar-refractivity contribution >= 4 is 64.5 Å². The van der Waals surface area contributed by atoms with Crippen molar-refractivity contribution in [2.45, 2.75) is 0 Å². The molecule has 0 spiro atoms. The second-order valence-corrected chi connectivity index (χ2v) is 13.1. The quantitative estimate of drug-likeness (QED) is 0.157. The molecule has 6 aromatic rings. The minimum Gasteiger partial charge on any atom is -1.00 e. The molecule has 192 valence electrons. The van der Waals surface area contributed by atoms with E-state index >= 15 is 0 Å². The topological polar surface area (TPSA) is 0 Å². The summed E-state index contributed by atoms with van der Waals surface area (Å²) in [6.07, 6.45) is 0. The maximum atomic E-state index is 2.23. The van der Waals surface area contributed by atoms with E-state index in [1.807, 2.05) is 0 Å². The fraction of sp³-hybridized carbons (Fsp3) is 0. The van der Waals surface area contributed by atoms with Crippen molar-refractivity contribution < 1.29 is 19.5 Å². The second kappa shape index (κ2) is 18.4. The third kappa shape index (κ3) is 9.49. The van der Waals surface area contributed by atoms with Crippen molar-refractivity contribution in [3.05, 3.63) is 182 Å². The molecule has 0 aliphatic carbocycles. The first-order valence-corrected chi connectivity index (χ1v) is 15.5. The first-order chi connectivity index (χ1) is 18.9. The van der Waals surface area contributed by atoms with Crippen LogP contribution in [0.25, 0.3) is 0 Å². The molecule has 0 aliphatic rings. The SMILES string of the molecule is [B-].[B-].[Zn+2].c1ccc(P(c2ccccc2)c2ccccc2)cc1.c1ccc(P(c2ccccc2)c2ccccc2)cc1. The van der Waals surface area contributed by atoms with E-state index in [-0.39, 0.29) is 36.3 Å². The van der Waals surface area contributed by atoms with Crippen molar-refractivity contribution in [3.63, 3.8) is 0 Å². The van der Waals surface area contributed by atoms with Gasteiger partial charge in [-0.1, -0.05) is 182 Å². The van der Waals surface area contributed by atoms with Gasteiger partial charge in [-0.05, 0) is 47.7 Å². The summed E-state index contributed by atoms with van der Waals surface area (Å²) >= 11 is 0. The van der Waals surface area contributed by atoms with E-state index in [0.29, 0.717) is 0 Å². The van der Waals surface area contributed by atoms with Crippen molar-refractivity contribution in [1.82, 2.24) is 0 Å². The standard InChI is InChI=1S/2C18H15P.2B.Zn/c2*1-4-10-16(11-5-1)19(17-12-6-2-7-13-17)18-14-8-3-9-15-18;;;/h2*1-15H;;;/q;;2*-1;+2. The van der Waals surface area contributed by atoms with Gasteiger partial charge in [-0.2, -0.15) is 0 Å². The molecule has 6 aromatic carbocycles. The summed E-state index contributed by atoms with van der Waals surface area (Å²) in [4.78, 5) is 0. The van der Waals surface area contributed by atoms with Crippen LogP contribution in [-0.4, -0.2) is 16.8 Å². The summed E-state index contributed by atoms with van der Waals surface area (Å²) in [7, 11) is -0.892. The zero-order valence-electron chi connectivity index (χ0n) is 23.1. The van der Waals surface area contributed by atoms with Gasteiger partial charge in [0.25, 0.3) is 0 Å². The molecule has 8 radical (unpaired) electrons. The average molecular weight is 612 g/mol. The molecule has 0 fully saturated rings. The van der Waals surface area contributed by atoms with Crippen molar-refractivity contribution in [1.29, 1.82) is 0 Å². The number of hydrogen-bond acceptors (Lipinski definition) is 0. The molecule has 41 heavy (non-hydrogen) atoms. The van der Waals surface area contributed by atoms with Gasteiger partial charge >= 0.3 is 19.5 Å². The normalized spacial score (nSPS) is 9.80. The van der Waals surface area contributed by atoms with Crippen molar-refractivity contribution in [3.8, 4) is 0 Å². The first kappa shape index (κ1) is 34.1. The van der Waals surface area contributed by atoms with Gasteiger partial charge in [-0.3, -0.25) is 0 Å². The predicted octanol–water partition coefficient (Wildman–Crippen LogP) is 6.13. The van der Waals surface area contributed by atoms with Gasteiger partial charge in [0.1, 0.15) is 0 Å². The molecule has 0 N–H and O–H groups in total. The molecule has 0 saturated heterocycles. The second-order valence-electron chi connectivity index (χ2n) is 8.68. The van der Waals surface area contributed by atoms with E-state index in [9.17, 15) is 0 Å². The van der Waals surface area contributed by atoms with E-state index in [1.165, 1.54) is 31.8 Å². The zero-order chi connectivity index (χ0) is 25.8. The van der Waals surface area contributed by atoms with Crippen molar-refractivity contribution in [2.75, 3.05) is 0 Å². The fourth-order valence-corrected chi connectivity index (χ4v) is 8.97. The van der Waals surface area contributed by atoms with Gasteiger partial charge in [-0.25, -0.2) is 0 Å². The Balaban J connectivity index is 0.000000267. The predicted molar refractivity (Wildman–Crippen MR) is 182 cm³/mol. The van der Waals surface area contributed by atoms with E-state index in [0.717, 1.165) is 0 Å². The van der Waals surface area contributed by atoms with Crippen molar-refractivity contribution in [2.24, 2.45) is 0 Å². The summed E-state index contributed by atoms with van der Waals surface area (Å²) < 4.78 is 0. The van der Waals surface area contributed by atoms with Gasteiger partial charge in [0.2, 0.25) is 0 Å². The number of hydrogen-bond donors (Lipinski definition) is 0. The van der Waals surface area contributed by atoms with Crippen LogP contribution in [0.5, 0.6) is 0 Å². The minimum atomic E-state index is -0.446. The van der Waals surface area contributed by atoms with Crippen LogP contribution >= 0.6 is 15.8 Å². The number of benzene rings is 6. The van der Waals surface area contributed by atoms with Crippen LogP contribution in [-0.2, 0) is 19.5 Å². The van der Waals surface area contributed by atoms with E-state index in [2.05, 4.69) is 182 Å². The van der Waals surface area contributed by atoms with E-state index in [1.54, 1.807) is 0 Å². The van der Waals surface area contributed by atoms with Crippen LogP contribution < -0.4 is 31.8 Å². The van der Waals surface area contributed by atoms with Crippen LogP contribution in [0.4, 0.5) is 0 Å². The molecule has 0 aromatic heterocycles. The third-order valence-corrected chi connectivity index (χ3v) is 11.0. The maximum Gasteiger partial charge on any atom is 2.00 e.